The fourth-order valence-corrected chi connectivity index (χ4v) is 4.09. The maximum Gasteiger partial charge on any atom is 0.317 e. The molecule has 2 amide bonds. The third kappa shape index (κ3) is 3.72. The number of carbonyl (C=O) groups excluding carboxylic acids is 1. The van der Waals surface area contributed by atoms with Crippen LogP contribution in [0.25, 0.3) is 0 Å². The summed E-state index contributed by atoms with van der Waals surface area (Å²) < 4.78 is 5.65. The van der Waals surface area contributed by atoms with E-state index in [0.29, 0.717) is 18.5 Å². The zero-order valence-electron chi connectivity index (χ0n) is 14.7. The Bertz CT molecular complexity index is 715. The molecule has 0 radical (unpaired) electrons. The van der Waals surface area contributed by atoms with Crippen molar-refractivity contribution < 1.29 is 9.21 Å². The van der Waals surface area contributed by atoms with Gasteiger partial charge >= 0.3 is 6.03 Å². The number of hydrogen-bond acceptors (Lipinski definition) is 5. The normalized spacial score (nSPS) is 23.7. The zero-order chi connectivity index (χ0) is 17.4. The maximum absolute atomic E-state index is 12.4. The minimum absolute atomic E-state index is 0.0743. The summed E-state index contributed by atoms with van der Waals surface area (Å²) in [6.07, 6.45) is 1.06. The van der Waals surface area contributed by atoms with Crippen molar-refractivity contribution >= 4 is 17.4 Å². The number of rotatable bonds is 4. The minimum Gasteiger partial charge on any atom is -0.444 e. The van der Waals surface area contributed by atoms with Gasteiger partial charge < -0.3 is 14.6 Å². The van der Waals surface area contributed by atoms with Gasteiger partial charge in [-0.1, -0.05) is 0 Å². The highest BCUT2D eigenvalue weighted by Crippen LogP contribution is 2.41. The van der Waals surface area contributed by atoms with Crippen LogP contribution in [0.2, 0.25) is 0 Å². The van der Waals surface area contributed by atoms with Gasteiger partial charge in [0.25, 0.3) is 0 Å². The highest BCUT2D eigenvalue weighted by Gasteiger charge is 2.40. The van der Waals surface area contributed by atoms with Gasteiger partial charge in [0.05, 0.1) is 12.2 Å². The Hall–Kier alpha value is -1.86. The fourth-order valence-electron chi connectivity index (χ4n) is 3.37. The van der Waals surface area contributed by atoms with Crippen LogP contribution in [0.15, 0.2) is 21.2 Å². The second kappa shape index (κ2) is 6.80. The van der Waals surface area contributed by atoms with Gasteiger partial charge in [0, 0.05) is 38.1 Å². The largest absolute Gasteiger partial charge is 0.444 e. The summed E-state index contributed by atoms with van der Waals surface area (Å²) in [6.45, 7) is 7.83. The van der Waals surface area contributed by atoms with Gasteiger partial charge in [-0.3, -0.25) is 4.90 Å². The second-order valence-electron chi connectivity index (χ2n) is 6.97. The van der Waals surface area contributed by atoms with Crippen molar-refractivity contribution in [3.05, 3.63) is 39.7 Å². The van der Waals surface area contributed by atoms with Gasteiger partial charge in [-0.05, 0) is 42.7 Å². The van der Waals surface area contributed by atoms with Crippen LogP contribution in [0.3, 0.4) is 0 Å². The molecule has 6 nitrogen and oxygen atoms in total. The van der Waals surface area contributed by atoms with Gasteiger partial charge in [0.15, 0.2) is 0 Å². The highest BCUT2D eigenvalue weighted by atomic mass is 32.1. The molecule has 2 aromatic rings. The lowest BCUT2D eigenvalue weighted by atomic mass is 10.2. The lowest BCUT2D eigenvalue weighted by molar-refractivity contribution is 0.128. The smallest absolute Gasteiger partial charge is 0.317 e. The number of hydrogen-bond donors (Lipinski definition) is 1. The number of nitrogens with one attached hydrogen (secondary N) is 1. The monoisotopic (exact) mass is 360 g/mol. The molecule has 0 unspecified atom stereocenters. The van der Waals surface area contributed by atoms with Crippen LogP contribution < -0.4 is 5.32 Å². The molecule has 25 heavy (non-hydrogen) atoms. The number of piperazine rings is 1. The molecule has 134 valence electrons. The molecular weight excluding hydrogens is 336 g/mol. The van der Waals surface area contributed by atoms with E-state index in [0.717, 1.165) is 49.9 Å². The van der Waals surface area contributed by atoms with E-state index in [1.54, 1.807) is 11.3 Å². The van der Waals surface area contributed by atoms with Crippen molar-refractivity contribution in [2.75, 3.05) is 26.2 Å². The van der Waals surface area contributed by atoms with Crippen molar-refractivity contribution in [3.8, 4) is 0 Å². The third-order valence-electron chi connectivity index (χ3n) is 5.16. The number of amides is 2. The summed E-state index contributed by atoms with van der Waals surface area (Å²) in [4.78, 5) is 21.1. The molecule has 1 aliphatic carbocycles. The summed E-state index contributed by atoms with van der Waals surface area (Å²) in [5.74, 6) is 2.16. The lowest BCUT2D eigenvalue weighted by Gasteiger charge is -2.34. The van der Waals surface area contributed by atoms with E-state index in [2.05, 4.69) is 32.0 Å². The molecule has 2 aromatic heterocycles. The van der Waals surface area contributed by atoms with Crippen LogP contribution in [0.5, 0.6) is 0 Å². The number of urea groups is 1. The lowest BCUT2D eigenvalue weighted by Crippen LogP contribution is -2.52. The van der Waals surface area contributed by atoms with Crippen molar-refractivity contribution in [1.29, 1.82) is 0 Å². The third-order valence-corrected chi connectivity index (χ3v) is 5.86. The molecule has 1 saturated heterocycles. The summed E-state index contributed by atoms with van der Waals surface area (Å²) in [5.41, 5.74) is 2.31. The molecule has 2 atom stereocenters. The molecule has 1 saturated carbocycles. The first-order valence-corrected chi connectivity index (χ1v) is 9.77. The number of carbonyl (C=O) groups is 1. The summed E-state index contributed by atoms with van der Waals surface area (Å²) in [6, 6.07) is 2.54. The maximum atomic E-state index is 12.4. The number of aryl methyl sites for hydroxylation is 2. The van der Waals surface area contributed by atoms with Gasteiger partial charge in [-0.25, -0.2) is 9.78 Å². The molecule has 1 aliphatic heterocycles. The van der Waals surface area contributed by atoms with Crippen LogP contribution in [0.1, 0.15) is 35.2 Å². The van der Waals surface area contributed by atoms with Crippen LogP contribution in [0, 0.1) is 13.8 Å². The van der Waals surface area contributed by atoms with E-state index in [1.165, 1.54) is 5.56 Å². The zero-order valence-corrected chi connectivity index (χ0v) is 15.5. The van der Waals surface area contributed by atoms with Crippen LogP contribution >= 0.6 is 11.3 Å². The SMILES string of the molecule is Cc1nc(CN2CCN(C(=O)N[C@@H]3C[C@H]3c3ccsc3)CC2)oc1C. The predicted octanol–water partition coefficient (Wildman–Crippen LogP) is 2.74. The Morgan fingerprint density at radius 1 is 1.36 bits per heavy atom. The molecule has 0 bridgehead atoms. The molecule has 0 spiro atoms. The first-order chi connectivity index (χ1) is 12.1. The molecule has 2 aliphatic rings. The van der Waals surface area contributed by atoms with E-state index >= 15 is 0 Å². The average molecular weight is 360 g/mol. The summed E-state index contributed by atoms with van der Waals surface area (Å²) >= 11 is 1.72. The van der Waals surface area contributed by atoms with Gasteiger partial charge in [0.2, 0.25) is 5.89 Å². The Kier molecular flexibility index (Phi) is 4.52. The quantitative estimate of drug-likeness (QED) is 0.911. The highest BCUT2D eigenvalue weighted by molar-refractivity contribution is 7.08. The van der Waals surface area contributed by atoms with Gasteiger partial charge in [-0.15, -0.1) is 0 Å². The molecular formula is C18H24N4O2S. The van der Waals surface area contributed by atoms with Crippen molar-refractivity contribution in [1.82, 2.24) is 20.1 Å². The second-order valence-corrected chi connectivity index (χ2v) is 7.75. The number of aromatic nitrogens is 1. The first kappa shape index (κ1) is 16.6. The van der Waals surface area contributed by atoms with Crippen molar-refractivity contribution in [3.63, 3.8) is 0 Å². The Morgan fingerprint density at radius 3 is 2.80 bits per heavy atom. The Labute approximate surface area is 151 Å². The van der Waals surface area contributed by atoms with Crippen LogP contribution in [-0.2, 0) is 6.54 Å². The minimum atomic E-state index is 0.0743. The first-order valence-electron chi connectivity index (χ1n) is 8.83. The van der Waals surface area contributed by atoms with Gasteiger partial charge in [-0.2, -0.15) is 11.3 Å². The van der Waals surface area contributed by atoms with Crippen LogP contribution in [0.4, 0.5) is 4.79 Å². The van der Waals surface area contributed by atoms with Crippen molar-refractivity contribution in [2.45, 2.75) is 38.8 Å². The predicted molar refractivity (Wildman–Crippen MR) is 96.8 cm³/mol. The topological polar surface area (TPSA) is 61.6 Å². The Morgan fingerprint density at radius 2 is 2.16 bits per heavy atom. The average Bonchev–Trinajstić information content (AvgIpc) is 3.01. The standard InChI is InChI=1S/C18H24N4O2S/c1-12-13(2)24-17(19-12)10-21-4-6-22(7-5-21)18(23)20-16-9-15(16)14-3-8-25-11-14/h3,8,11,15-16H,4-7,9-10H2,1-2H3,(H,20,23)/t15-,16+/m0/s1. The van der Waals surface area contributed by atoms with E-state index in [-0.39, 0.29) is 6.03 Å². The summed E-state index contributed by atoms with van der Waals surface area (Å²) in [5, 5.41) is 7.46. The van der Waals surface area contributed by atoms with E-state index < -0.39 is 0 Å². The molecule has 4 rings (SSSR count). The van der Waals surface area contributed by atoms with E-state index in [1.807, 2.05) is 18.7 Å². The number of nitrogens with zero attached hydrogens (tertiary/aromatic N) is 3. The molecule has 7 heteroatoms. The Balaban J connectivity index is 1.22. The summed E-state index contributed by atoms with van der Waals surface area (Å²) in [7, 11) is 0. The van der Waals surface area contributed by atoms with Crippen molar-refractivity contribution in [2.24, 2.45) is 0 Å². The van der Waals surface area contributed by atoms with Crippen LogP contribution in [-0.4, -0.2) is 53.0 Å². The van der Waals surface area contributed by atoms with E-state index in [9.17, 15) is 4.79 Å². The molecule has 1 N–H and O–H groups in total. The number of oxazole rings is 1. The van der Waals surface area contributed by atoms with Gasteiger partial charge in [0.1, 0.15) is 5.76 Å². The fraction of sp³-hybridized carbons (Fsp3) is 0.556. The molecule has 3 heterocycles. The molecule has 2 fully saturated rings. The number of thiophene rings is 1. The molecule has 0 aromatic carbocycles. The van der Waals surface area contributed by atoms with E-state index in [4.69, 9.17) is 4.42 Å².